The first-order valence-corrected chi connectivity index (χ1v) is 8.86. The Labute approximate surface area is 166 Å². The number of alkyl halides is 3. The molecule has 0 unspecified atom stereocenters. The third kappa shape index (κ3) is 4.98. The standard InChI is InChI=1S/C20H21F3N2O4/c1-3-28-16-13-9-8-12-15(16)17(26)25-19(20(21,22)23,18(27)29-4-2)24-14-10-6-5-7-11-14/h5-13,24H,3-4H2,1-2H3,(H,25,26)/t19-/m1/s1. The van der Waals surface area contributed by atoms with Crippen LogP contribution in [0.25, 0.3) is 0 Å². The molecular weight excluding hydrogens is 389 g/mol. The topological polar surface area (TPSA) is 76.7 Å². The third-order valence-electron chi connectivity index (χ3n) is 3.85. The van der Waals surface area contributed by atoms with E-state index in [0.717, 1.165) is 0 Å². The van der Waals surface area contributed by atoms with E-state index in [9.17, 15) is 22.8 Å². The van der Waals surface area contributed by atoms with Crippen molar-refractivity contribution in [3.63, 3.8) is 0 Å². The average molecular weight is 410 g/mol. The summed E-state index contributed by atoms with van der Waals surface area (Å²) in [6, 6.07) is 13.0. The van der Waals surface area contributed by atoms with Gasteiger partial charge in [0.2, 0.25) is 0 Å². The van der Waals surface area contributed by atoms with Crippen molar-refractivity contribution in [3.8, 4) is 5.75 Å². The van der Waals surface area contributed by atoms with Gasteiger partial charge in [-0.3, -0.25) is 4.79 Å². The lowest BCUT2D eigenvalue weighted by Gasteiger charge is -2.35. The van der Waals surface area contributed by atoms with E-state index in [-0.39, 0.29) is 30.2 Å². The highest BCUT2D eigenvalue weighted by Gasteiger charge is 2.63. The van der Waals surface area contributed by atoms with Gasteiger partial charge >= 0.3 is 17.8 Å². The average Bonchev–Trinajstić information content (AvgIpc) is 2.68. The Morgan fingerprint density at radius 3 is 2.14 bits per heavy atom. The van der Waals surface area contributed by atoms with Gasteiger partial charge in [0, 0.05) is 5.69 Å². The number of amides is 1. The molecule has 156 valence electrons. The number of hydrogen-bond donors (Lipinski definition) is 2. The van der Waals surface area contributed by atoms with Crippen LogP contribution in [0.15, 0.2) is 54.6 Å². The number of para-hydroxylation sites is 2. The molecule has 0 aliphatic heterocycles. The van der Waals surface area contributed by atoms with Gasteiger partial charge in [0.25, 0.3) is 5.91 Å². The Balaban J connectivity index is 2.51. The highest BCUT2D eigenvalue weighted by Crippen LogP contribution is 2.34. The highest BCUT2D eigenvalue weighted by atomic mass is 19.4. The molecule has 1 amide bonds. The van der Waals surface area contributed by atoms with Gasteiger partial charge in [-0.15, -0.1) is 0 Å². The summed E-state index contributed by atoms with van der Waals surface area (Å²) in [5.41, 5.74) is -3.68. The minimum atomic E-state index is -5.22. The van der Waals surface area contributed by atoms with Crippen LogP contribution in [-0.4, -0.2) is 36.9 Å². The van der Waals surface area contributed by atoms with Crippen LogP contribution in [0.3, 0.4) is 0 Å². The van der Waals surface area contributed by atoms with Crippen molar-refractivity contribution in [2.24, 2.45) is 0 Å². The zero-order valence-corrected chi connectivity index (χ0v) is 15.9. The first-order valence-electron chi connectivity index (χ1n) is 8.86. The van der Waals surface area contributed by atoms with Gasteiger partial charge in [0.1, 0.15) is 5.75 Å². The summed E-state index contributed by atoms with van der Waals surface area (Å²) < 4.78 is 52.4. The van der Waals surface area contributed by atoms with Crippen molar-refractivity contribution in [2.45, 2.75) is 25.7 Å². The molecule has 6 nitrogen and oxygen atoms in total. The Kier molecular flexibility index (Phi) is 7.08. The van der Waals surface area contributed by atoms with Gasteiger partial charge in [-0.05, 0) is 38.1 Å². The van der Waals surface area contributed by atoms with E-state index in [0.29, 0.717) is 0 Å². The highest BCUT2D eigenvalue weighted by molar-refractivity contribution is 6.01. The Morgan fingerprint density at radius 1 is 0.931 bits per heavy atom. The molecule has 2 aromatic rings. The molecule has 0 aliphatic rings. The van der Waals surface area contributed by atoms with Crippen molar-refractivity contribution >= 4 is 17.6 Å². The van der Waals surface area contributed by atoms with Crippen molar-refractivity contribution < 1.29 is 32.2 Å². The summed E-state index contributed by atoms with van der Waals surface area (Å²) in [7, 11) is 0. The number of anilines is 1. The minimum Gasteiger partial charge on any atom is -0.493 e. The molecule has 29 heavy (non-hydrogen) atoms. The molecule has 1 atom stereocenters. The van der Waals surface area contributed by atoms with E-state index >= 15 is 0 Å². The molecule has 2 rings (SSSR count). The summed E-state index contributed by atoms with van der Waals surface area (Å²) in [5.74, 6) is -2.74. The second kappa shape index (κ2) is 9.31. The fourth-order valence-corrected chi connectivity index (χ4v) is 2.54. The maximum atomic E-state index is 14.2. The van der Waals surface area contributed by atoms with Crippen LogP contribution in [0.2, 0.25) is 0 Å². The summed E-state index contributed by atoms with van der Waals surface area (Å²) in [4.78, 5) is 25.2. The number of rotatable bonds is 8. The number of carbonyl (C=O) groups is 2. The molecule has 0 aromatic heterocycles. The number of carbonyl (C=O) groups excluding carboxylic acids is 2. The lowest BCUT2D eigenvalue weighted by Crippen LogP contribution is -2.69. The molecule has 0 spiro atoms. The monoisotopic (exact) mass is 410 g/mol. The molecule has 2 aromatic carbocycles. The smallest absolute Gasteiger partial charge is 0.441 e. The molecule has 0 heterocycles. The Hall–Kier alpha value is -3.23. The minimum absolute atomic E-state index is 0.0312. The van der Waals surface area contributed by atoms with E-state index < -0.39 is 23.7 Å². The van der Waals surface area contributed by atoms with Crippen LogP contribution in [0, 0.1) is 0 Å². The van der Waals surface area contributed by atoms with E-state index in [4.69, 9.17) is 4.74 Å². The van der Waals surface area contributed by atoms with Gasteiger partial charge in [-0.1, -0.05) is 30.3 Å². The fourth-order valence-electron chi connectivity index (χ4n) is 2.54. The van der Waals surface area contributed by atoms with Gasteiger partial charge < -0.3 is 20.1 Å². The lowest BCUT2D eigenvalue weighted by molar-refractivity contribution is -0.204. The molecule has 0 saturated carbocycles. The second-order valence-corrected chi connectivity index (χ2v) is 5.84. The maximum absolute atomic E-state index is 14.2. The van der Waals surface area contributed by atoms with Gasteiger partial charge in [-0.25, -0.2) is 4.79 Å². The first-order chi connectivity index (χ1) is 13.7. The molecule has 0 saturated heterocycles. The van der Waals surface area contributed by atoms with Crippen LogP contribution in [0.4, 0.5) is 18.9 Å². The molecule has 0 radical (unpaired) electrons. The molecule has 2 N–H and O–H groups in total. The first kappa shape index (κ1) is 22.1. The van der Waals surface area contributed by atoms with Crippen molar-refractivity contribution in [3.05, 3.63) is 60.2 Å². The predicted molar refractivity (Wildman–Crippen MR) is 101 cm³/mol. The maximum Gasteiger partial charge on any atom is 0.441 e. The second-order valence-electron chi connectivity index (χ2n) is 5.84. The van der Waals surface area contributed by atoms with Gasteiger partial charge in [0.15, 0.2) is 0 Å². The summed E-state index contributed by atoms with van der Waals surface area (Å²) in [6.07, 6.45) is -5.22. The normalized spacial score (nSPS) is 13.1. The van der Waals surface area contributed by atoms with Gasteiger partial charge in [-0.2, -0.15) is 13.2 Å². The molecule has 0 aliphatic carbocycles. The van der Waals surface area contributed by atoms with Crippen LogP contribution in [0.1, 0.15) is 24.2 Å². The predicted octanol–water partition coefficient (Wildman–Crippen LogP) is 3.75. The van der Waals surface area contributed by atoms with E-state index in [2.05, 4.69) is 10.1 Å². The number of nitrogens with one attached hydrogen (secondary N) is 2. The zero-order chi connectivity index (χ0) is 21.5. The number of benzene rings is 2. The van der Waals surface area contributed by atoms with Crippen LogP contribution < -0.4 is 15.4 Å². The van der Waals surface area contributed by atoms with Crippen molar-refractivity contribution in [1.29, 1.82) is 0 Å². The van der Waals surface area contributed by atoms with Crippen molar-refractivity contribution in [2.75, 3.05) is 18.5 Å². The van der Waals surface area contributed by atoms with Crippen LogP contribution >= 0.6 is 0 Å². The molecular formula is C20H21F3N2O4. The van der Waals surface area contributed by atoms with Gasteiger partial charge in [0.05, 0.1) is 18.8 Å². The van der Waals surface area contributed by atoms with Crippen LogP contribution in [-0.2, 0) is 9.53 Å². The Bertz CT molecular complexity index is 843. The largest absolute Gasteiger partial charge is 0.493 e. The number of hydrogen-bond acceptors (Lipinski definition) is 5. The molecule has 9 heteroatoms. The molecule has 0 bridgehead atoms. The van der Waals surface area contributed by atoms with Crippen molar-refractivity contribution in [1.82, 2.24) is 5.32 Å². The third-order valence-corrected chi connectivity index (χ3v) is 3.85. The fraction of sp³-hybridized carbons (Fsp3) is 0.300. The number of esters is 1. The lowest BCUT2D eigenvalue weighted by atomic mass is 10.1. The zero-order valence-electron chi connectivity index (χ0n) is 15.9. The van der Waals surface area contributed by atoms with E-state index in [1.54, 1.807) is 24.4 Å². The van der Waals surface area contributed by atoms with E-state index in [1.165, 1.54) is 49.4 Å². The van der Waals surface area contributed by atoms with E-state index in [1.807, 2.05) is 0 Å². The molecule has 0 fully saturated rings. The number of halogens is 3. The summed E-state index contributed by atoms with van der Waals surface area (Å²) in [5, 5.41) is 3.89. The SMILES string of the molecule is CCOC(=O)[C@](NC(=O)c1ccccc1OCC)(Nc1ccccc1)C(F)(F)F. The quantitative estimate of drug-likeness (QED) is 0.512. The van der Waals surface area contributed by atoms with Crippen LogP contribution in [0.5, 0.6) is 5.75 Å². The Morgan fingerprint density at radius 2 is 1.55 bits per heavy atom. The number of ether oxygens (including phenoxy) is 2. The summed E-state index contributed by atoms with van der Waals surface area (Å²) >= 11 is 0. The summed E-state index contributed by atoms with van der Waals surface area (Å²) in [6.45, 7) is 2.94.